The third-order valence-corrected chi connectivity index (χ3v) is 5.27. The van der Waals surface area contributed by atoms with Crippen LogP contribution in [0, 0.1) is 5.92 Å². The van der Waals surface area contributed by atoms with Crippen molar-refractivity contribution in [2.45, 2.75) is 44.7 Å². The Morgan fingerprint density at radius 2 is 2.24 bits per heavy atom. The molecule has 1 aromatic rings. The van der Waals surface area contributed by atoms with Crippen molar-refractivity contribution in [1.82, 2.24) is 14.8 Å². The summed E-state index contributed by atoms with van der Waals surface area (Å²) in [6, 6.07) is 0.375. The van der Waals surface area contributed by atoms with Crippen molar-refractivity contribution in [3.05, 3.63) is 16.6 Å². The van der Waals surface area contributed by atoms with Crippen LogP contribution in [-0.4, -0.2) is 46.2 Å². The third-order valence-electron chi connectivity index (χ3n) is 4.51. The van der Waals surface area contributed by atoms with Crippen LogP contribution >= 0.6 is 11.3 Å². The summed E-state index contributed by atoms with van der Waals surface area (Å²) >= 11 is 1.55. The first-order valence-electron chi connectivity index (χ1n) is 7.58. The van der Waals surface area contributed by atoms with E-state index in [9.17, 15) is 9.59 Å². The highest BCUT2D eigenvalue weighted by atomic mass is 32.1. The monoisotopic (exact) mass is 307 g/mol. The van der Waals surface area contributed by atoms with E-state index in [2.05, 4.69) is 4.98 Å². The Hall–Kier alpha value is -1.43. The van der Waals surface area contributed by atoms with E-state index in [1.54, 1.807) is 29.5 Å². The highest BCUT2D eigenvalue weighted by Gasteiger charge is 2.39. The molecule has 2 fully saturated rings. The average molecular weight is 307 g/mol. The standard InChI is InChI=1S/C15H21N3O2S/c1-17(10-13-16-6-7-21-13)15(20)11-8-14(19)18(9-11)12-4-2-3-5-12/h6-7,11-12H,2-5,8-10H2,1H3. The number of rotatable bonds is 4. The van der Waals surface area contributed by atoms with Gasteiger partial charge in [-0.15, -0.1) is 11.3 Å². The number of amides is 2. The fourth-order valence-electron chi connectivity index (χ4n) is 3.39. The summed E-state index contributed by atoms with van der Waals surface area (Å²) in [5.41, 5.74) is 0. The number of hydrogen-bond donors (Lipinski definition) is 0. The van der Waals surface area contributed by atoms with Gasteiger partial charge in [-0.2, -0.15) is 0 Å². The summed E-state index contributed by atoms with van der Waals surface area (Å²) < 4.78 is 0. The number of aromatic nitrogens is 1. The van der Waals surface area contributed by atoms with E-state index in [0.717, 1.165) is 17.8 Å². The van der Waals surface area contributed by atoms with E-state index in [1.807, 2.05) is 10.3 Å². The van der Waals surface area contributed by atoms with E-state index in [4.69, 9.17) is 0 Å². The normalized spacial score (nSPS) is 23.0. The van der Waals surface area contributed by atoms with Gasteiger partial charge in [0.05, 0.1) is 12.5 Å². The first kappa shape index (κ1) is 14.5. The molecule has 1 aromatic heterocycles. The Morgan fingerprint density at radius 1 is 1.48 bits per heavy atom. The fourth-order valence-corrected chi connectivity index (χ4v) is 4.06. The van der Waals surface area contributed by atoms with Gasteiger partial charge in [0.25, 0.3) is 0 Å². The predicted molar refractivity (Wildman–Crippen MR) is 80.7 cm³/mol. The molecule has 2 aliphatic rings. The Kier molecular flexibility index (Phi) is 4.24. The number of carbonyl (C=O) groups is 2. The summed E-state index contributed by atoms with van der Waals surface area (Å²) in [5.74, 6) is 0.0463. The molecule has 1 aliphatic carbocycles. The van der Waals surface area contributed by atoms with Gasteiger partial charge in [0.15, 0.2) is 0 Å². The van der Waals surface area contributed by atoms with Gasteiger partial charge in [-0.3, -0.25) is 9.59 Å². The van der Waals surface area contributed by atoms with E-state index in [1.165, 1.54) is 12.8 Å². The van der Waals surface area contributed by atoms with Crippen molar-refractivity contribution in [1.29, 1.82) is 0 Å². The number of thiazole rings is 1. The molecule has 1 saturated heterocycles. The van der Waals surface area contributed by atoms with E-state index >= 15 is 0 Å². The minimum atomic E-state index is -0.178. The molecule has 1 aliphatic heterocycles. The maximum absolute atomic E-state index is 12.5. The topological polar surface area (TPSA) is 53.5 Å². The molecule has 3 rings (SSSR count). The number of carbonyl (C=O) groups excluding carboxylic acids is 2. The lowest BCUT2D eigenvalue weighted by Gasteiger charge is -2.25. The second-order valence-corrected chi connectivity index (χ2v) is 6.98. The lowest BCUT2D eigenvalue weighted by molar-refractivity contribution is -0.135. The molecular weight excluding hydrogens is 286 g/mol. The quantitative estimate of drug-likeness (QED) is 0.853. The number of hydrogen-bond acceptors (Lipinski definition) is 4. The van der Waals surface area contributed by atoms with Crippen LogP contribution in [0.5, 0.6) is 0 Å². The van der Waals surface area contributed by atoms with Gasteiger partial charge in [-0.05, 0) is 12.8 Å². The molecule has 0 radical (unpaired) electrons. The van der Waals surface area contributed by atoms with Crippen molar-refractivity contribution in [2.24, 2.45) is 5.92 Å². The minimum Gasteiger partial charge on any atom is -0.339 e. The number of likely N-dealkylation sites (tertiary alicyclic amines) is 1. The predicted octanol–water partition coefficient (Wildman–Crippen LogP) is 1.89. The van der Waals surface area contributed by atoms with Crippen molar-refractivity contribution >= 4 is 23.2 Å². The molecule has 1 atom stereocenters. The first-order valence-corrected chi connectivity index (χ1v) is 8.46. The molecule has 0 aromatic carbocycles. The molecule has 21 heavy (non-hydrogen) atoms. The molecule has 2 amide bonds. The number of nitrogens with zero attached hydrogens (tertiary/aromatic N) is 3. The van der Waals surface area contributed by atoms with Crippen molar-refractivity contribution in [2.75, 3.05) is 13.6 Å². The highest BCUT2D eigenvalue weighted by molar-refractivity contribution is 7.09. The average Bonchev–Trinajstić information content (AvgIpc) is 3.17. The summed E-state index contributed by atoms with van der Waals surface area (Å²) in [4.78, 5) is 32.5. The zero-order chi connectivity index (χ0) is 14.8. The van der Waals surface area contributed by atoms with E-state index in [-0.39, 0.29) is 17.7 Å². The second kappa shape index (κ2) is 6.13. The minimum absolute atomic E-state index is 0.0686. The lowest BCUT2D eigenvalue weighted by atomic mass is 10.1. The van der Waals surface area contributed by atoms with Crippen molar-refractivity contribution in [3.63, 3.8) is 0 Å². The Bertz CT molecular complexity index is 511. The first-order chi connectivity index (χ1) is 10.1. The fraction of sp³-hybridized carbons (Fsp3) is 0.667. The van der Waals surface area contributed by atoms with E-state index < -0.39 is 0 Å². The van der Waals surface area contributed by atoms with Gasteiger partial charge in [0.2, 0.25) is 11.8 Å². The summed E-state index contributed by atoms with van der Waals surface area (Å²) in [5, 5.41) is 2.84. The van der Waals surface area contributed by atoms with Crippen molar-refractivity contribution < 1.29 is 9.59 Å². The molecule has 0 bridgehead atoms. The van der Waals surface area contributed by atoms with Gasteiger partial charge in [0, 0.05) is 37.6 Å². The van der Waals surface area contributed by atoms with Crippen LogP contribution < -0.4 is 0 Å². The Morgan fingerprint density at radius 3 is 2.90 bits per heavy atom. The van der Waals surface area contributed by atoms with Crippen LogP contribution in [0.2, 0.25) is 0 Å². The van der Waals surface area contributed by atoms with Crippen molar-refractivity contribution in [3.8, 4) is 0 Å². The second-order valence-electron chi connectivity index (χ2n) is 6.01. The smallest absolute Gasteiger partial charge is 0.228 e. The van der Waals surface area contributed by atoms with Crippen LogP contribution in [0.4, 0.5) is 0 Å². The molecule has 1 saturated carbocycles. The Balaban J connectivity index is 1.59. The summed E-state index contributed by atoms with van der Waals surface area (Å²) in [6.07, 6.45) is 6.73. The SMILES string of the molecule is CN(Cc1nccs1)C(=O)C1CC(=O)N(C2CCCC2)C1. The Labute approximate surface area is 129 Å². The highest BCUT2D eigenvalue weighted by Crippen LogP contribution is 2.30. The van der Waals surface area contributed by atoms with Gasteiger partial charge in [-0.1, -0.05) is 12.8 Å². The van der Waals surface area contributed by atoms with E-state index in [0.29, 0.717) is 25.6 Å². The van der Waals surface area contributed by atoms with Gasteiger partial charge in [0.1, 0.15) is 5.01 Å². The van der Waals surface area contributed by atoms with Crippen LogP contribution in [-0.2, 0) is 16.1 Å². The largest absolute Gasteiger partial charge is 0.339 e. The van der Waals surface area contributed by atoms with Crippen LogP contribution in [0.15, 0.2) is 11.6 Å². The molecule has 114 valence electrons. The molecular formula is C15H21N3O2S. The maximum atomic E-state index is 12.5. The zero-order valence-corrected chi connectivity index (χ0v) is 13.1. The van der Waals surface area contributed by atoms with Crippen LogP contribution in [0.25, 0.3) is 0 Å². The molecule has 0 spiro atoms. The summed E-state index contributed by atoms with van der Waals surface area (Å²) in [6.45, 7) is 1.13. The van der Waals surface area contributed by atoms with Gasteiger partial charge >= 0.3 is 0 Å². The molecule has 2 heterocycles. The van der Waals surface area contributed by atoms with Gasteiger partial charge < -0.3 is 9.80 Å². The maximum Gasteiger partial charge on any atom is 0.228 e. The summed E-state index contributed by atoms with van der Waals surface area (Å²) in [7, 11) is 1.80. The third kappa shape index (κ3) is 3.10. The lowest BCUT2D eigenvalue weighted by Crippen LogP contribution is -2.37. The van der Waals surface area contributed by atoms with Crippen LogP contribution in [0.3, 0.4) is 0 Å². The molecule has 1 unspecified atom stereocenters. The van der Waals surface area contributed by atoms with Crippen LogP contribution in [0.1, 0.15) is 37.1 Å². The zero-order valence-electron chi connectivity index (χ0n) is 12.3. The molecule has 6 heteroatoms. The van der Waals surface area contributed by atoms with Gasteiger partial charge in [-0.25, -0.2) is 4.98 Å². The molecule has 0 N–H and O–H groups in total. The molecule has 5 nitrogen and oxygen atoms in total.